The first-order chi connectivity index (χ1) is 9.65. The Morgan fingerprint density at radius 1 is 1.15 bits per heavy atom. The Morgan fingerprint density at radius 3 is 2.30 bits per heavy atom. The van der Waals surface area contributed by atoms with Gasteiger partial charge in [0.1, 0.15) is 18.1 Å². The molecule has 0 radical (unpaired) electrons. The van der Waals surface area contributed by atoms with Gasteiger partial charge in [-0.2, -0.15) is 0 Å². The second-order valence-corrected chi connectivity index (χ2v) is 4.62. The molecule has 1 aromatic rings. The van der Waals surface area contributed by atoms with Crippen molar-refractivity contribution >= 4 is 0 Å². The standard InChI is InChI=1S/C15H25NO4/c1-4-19-14-5-7-15(8-6-14)20-10-9-16(2)11-13(17)12-18-3/h5-8,13,17H,4,9-12H2,1-3H3. The maximum Gasteiger partial charge on any atom is 0.119 e. The lowest BCUT2D eigenvalue weighted by Gasteiger charge is -2.20. The Morgan fingerprint density at radius 2 is 1.75 bits per heavy atom. The summed E-state index contributed by atoms with van der Waals surface area (Å²) in [5.41, 5.74) is 0. The smallest absolute Gasteiger partial charge is 0.119 e. The fourth-order valence-corrected chi connectivity index (χ4v) is 1.81. The number of hydrogen-bond donors (Lipinski definition) is 1. The largest absolute Gasteiger partial charge is 0.494 e. The van der Waals surface area contributed by atoms with E-state index in [0.29, 0.717) is 26.4 Å². The lowest BCUT2D eigenvalue weighted by Crippen LogP contribution is -2.34. The van der Waals surface area contributed by atoms with Crippen LogP contribution in [0.4, 0.5) is 0 Å². The van der Waals surface area contributed by atoms with Gasteiger partial charge < -0.3 is 24.2 Å². The summed E-state index contributed by atoms with van der Waals surface area (Å²) in [6.45, 7) is 4.86. The van der Waals surface area contributed by atoms with Crippen molar-refractivity contribution < 1.29 is 19.3 Å². The summed E-state index contributed by atoms with van der Waals surface area (Å²) in [6, 6.07) is 7.57. The van der Waals surface area contributed by atoms with Crippen LogP contribution in [0, 0.1) is 0 Å². The highest BCUT2D eigenvalue weighted by Gasteiger charge is 2.07. The van der Waals surface area contributed by atoms with Gasteiger partial charge in [-0.1, -0.05) is 0 Å². The highest BCUT2D eigenvalue weighted by molar-refractivity contribution is 5.31. The van der Waals surface area contributed by atoms with Crippen LogP contribution in [-0.2, 0) is 4.74 Å². The minimum atomic E-state index is -0.463. The van der Waals surface area contributed by atoms with E-state index in [0.717, 1.165) is 18.0 Å². The average molecular weight is 283 g/mol. The van der Waals surface area contributed by atoms with Gasteiger partial charge >= 0.3 is 0 Å². The number of hydrogen-bond acceptors (Lipinski definition) is 5. The van der Waals surface area contributed by atoms with Crippen LogP contribution < -0.4 is 9.47 Å². The average Bonchev–Trinajstić information content (AvgIpc) is 2.41. The molecule has 1 rings (SSSR count). The van der Waals surface area contributed by atoms with E-state index in [4.69, 9.17) is 14.2 Å². The van der Waals surface area contributed by atoms with Crippen molar-refractivity contribution in [1.29, 1.82) is 0 Å². The van der Waals surface area contributed by atoms with Crippen LogP contribution in [0.5, 0.6) is 11.5 Å². The molecular weight excluding hydrogens is 258 g/mol. The number of aliphatic hydroxyl groups excluding tert-OH is 1. The number of ether oxygens (including phenoxy) is 3. The van der Waals surface area contributed by atoms with E-state index in [2.05, 4.69) is 0 Å². The third kappa shape index (κ3) is 6.75. The quantitative estimate of drug-likeness (QED) is 0.703. The van der Waals surface area contributed by atoms with Crippen molar-refractivity contribution in [2.45, 2.75) is 13.0 Å². The maximum absolute atomic E-state index is 9.60. The first-order valence-electron chi connectivity index (χ1n) is 6.87. The van der Waals surface area contributed by atoms with Crippen molar-refractivity contribution in [1.82, 2.24) is 4.90 Å². The third-order valence-corrected chi connectivity index (χ3v) is 2.76. The molecular formula is C15H25NO4. The van der Waals surface area contributed by atoms with E-state index in [1.807, 2.05) is 43.1 Å². The summed E-state index contributed by atoms with van der Waals surface area (Å²) in [5, 5.41) is 9.60. The van der Waals surface area contributed by atoms with Gasteiger partial charge in [0.15, 0.2) is 0 Å². The Labute approximate surface area is 121 Å². The van der Waals surface area contributed by atoms with Gasteiger partial charge in [-0.05, 0) is 38.2 Å². The molecule has 5 nitrogen and oxygen atoms in total. The summed E-state index contributed by atoms with van der Waals surface area (Å²) in [7, 11) is 3.53. The van der Waals surface area contributed by atoms with E-state index >= 15 is 0 Å². The molecule has 0 fully saturated rings. The molecule has 0 spiro atoms. The van der Waals surface area contributed by atoms with Crippen LogP contribution in [0.25, 0.3) is 0 Å². The molecule has 1 aromatic carbocycles. The van der Waals surface area contributed by atoms with E-state index in [1.54, 1.807) is 7.11 Å². The van der Waals surface area contributed by atoms with Gasteiger partial charge in [0.05, 0.1) is 19.3 Å². The summed E-state index contributed by atoms with van der Waals surface area (Å²) in [4.78, 5) is 2.01. The molecule has 1 atom stereocenters. The summed E-state index contributed by atoms with van der Waals surface area (Å²) < 4.78 is 15.9. The molecule has 114 valence electrons. The predicted octanol–water partition coefficient (Wildman–Crippen LogP) is 1.40. The molecule has 0 aliphatic rings. The first-order valence-corrected chi connectivity index (χ1v) is 6.87. The normalized spacial score (nSPS) is 12.4. The van der Waals surface area contributed by atoms with Crippen molar-refractivity contribution in [3.8, 4) is 11.5 Å². The second-order valence-electron chi connectivity index (χ2n) is 4.62. The Balaban J connectivity index is 2.22. The lowest BCUT2D eigenvalue weighted by atomic mass is 10.3. The van der Waals surface area contributed by atoms with Crippen molar-refractivity contribution in [2.75, 3.05) is 47.1 Å². The van der Waals surface area contributed by atoms with Crippen LogP contribution in [0.3, 0.4) is 0 Å². The van der Waals surface area contributed by atoms with Crippen LogP contribution in [0.15, 0.2) is 24.3 Å². The Hall–Kier alpha value is -1.30. The fourth-order valence-electron chi connectivity index (χ4n) is 1.81. The van der Waals surface area contributed by atoms with Crippen LogP contribution in [-0.4, -0.2) is 63.2 Å². The van der Waals surface area contributed by atoms with E-state index in [1.165, 1.54) is 0 Å². The molecule has 5 heteroatoms. The number of benzene rings is 1. The molecule has 0 saturated heterocycles. The minimum Gasteiger partial charge on any atom is -0.494 e. The van der Waals surface area contributed by atoms with E-state index in [9.17, 15) is 5.11 Å². The molecule has 0 aromatic heterocycles. The molecule has 1 N–H and O–H groups in total. The third-order valence-electron chi connectivity index (χ3n) is 2.76. The topological polar surface area (TPSA) is 51.2 Å². The van der Waals surface area contributed by atoms with Gasteiger partial charge in [-0.15, -0.1) is 0 Å². The van der Waals surface area contributed by atoms with Crippen LogP contribution in [0.1, 0.15) is 6.92 Å². The highest BCUT2D eigenvalue weighted by atomic mass is 16.5. The molecule has 0 aliphatic carbocycles. The minimum absolute atomic E-state index is 0.351. The van der Waals surface area contributed by atoms with Crippen LogP contribution >= 0.6 is 0 Å². The van der Waals surface area contributed by atoms with E-state index < -0.39 is 6.10 Å². The van der Waals surface area contributed by atoms with Gasteiger partial charge in [-0.25, -0.2) is 0 Å². The number of methoxy groups -OCH3 is 1. The predicted molar refractivity (Wildman–Crippen MR) is 78.5 cm³/mol. The number of aliphatic hydroxyl groups is 1. The Bertz CT molecular complexity index is 355. The summed E-state index contributed by atoms with van der Waals surface area (Å²) >= 11 is 0. The molecule has 0 bridgehead atoms. The summed E-state index contributed by atoms with van der Waals surface area (Å²) in [6.07, 6.45) is -0.463. The number of likely N-dealkylation sites (N-methyl/N-ethyl adjacent to an activating group) is 1. The van der Waals surface area contributed by atoms with Crippen molar-refractivity contribution in [2.24, 2.45) is 0 Å². The van der Waals surface area contributed by atoms with E-state index in [-0.39, 0.29) is 0 Å². The lowest BCUT2D eigenvalue weighted by molar-refractivity contribution is 0.0410. The highest BCUT2D eigenvalue weighted by Crippen LogP contribution is 2.17. The SMILES string of the molecule is CCOc1ccc(OCCN(C)CC(O)COC)cc1. The molecule has 0 amide bonds. The van der Waals surface area contributed by atoms with Gasteiger partial charge in [-0.3, -0.25) is 0 Å². The number of nitrogens with zero attached hydrogens (tertiary/aromatic N) is 1. The fraction of sp³-hybridized carbons (Fsp3) is 0.600. The van der Waals surface area contributed by atoms with Crippen molar-refractivity contribution in [3.63, 3.8) is 0 Å². The molecule has 0 saturated carbocycles. The zero-order valence-corrected chi connectivity index (χ0v) is 12.5. The zero-order chi connectivity index (χ0) is 14.8. The maximum atomic E-state index is 9.60. The zero-order valence-electron chi connectivity index (χ0n) is 12.5. The molecule has 1 unspecified atom stereocenters. The van der Waals surface area contributed by atoms with Gasteiger partial charge in [0.2, 0.25) is 0 Å². The second kappa shape index (κ2) is 9.58. The molecule has 0 heterocycles. The summed E-state index contributed by atoms with van der Waals surface area (Å²) in [5.74, 6) is 1.67. The van der Waals surface area contributed by atoms with Crippen LogP contribution in [0.2, 0.25) is 0 Å². The number of rotatable bonds is 10. The van der Waals surface area contributed by atoms with Gasteiger partial charge in [0.25, 0.3) is 0 Å². The Kier molecular flexibility index (Phi) is 8.02. The first kappa shape index (κ1) is 16.8. The monoisotopic (exact) mass is 283 g/mol. The molecule has 0 aliphatic heterocycles. The molecule has 20 heavy (non-hydrogen) atoms. The van der Waals surface area contributed by atoms with Gasteiger partial charge in [0, 0.05) is 20.2 Å². The van der Waals surface area contributed by atoms with Crippen molar-refractivity contribution in [3.05, 3.63) is 24.3 Å².